The van der Waals surface area contributed by atoms with Gasteiger partial charge in [0.05, 0.1) is 11.3 Å². The van der Waals surface area contributed by atoms with Gasteiger partial charge >= 0.3 is 6.09 Å². The number of hydrazine groups is 1. The van der Waals surface area contributed by atoms with Crippen LogP contribution in [0.2, 0.25) is 0 Å². The molecule has 0 aliphatic carbocycles. The van der Waals surface area contributed by atoms with E-state index in [0.29, 0.717) is 4.90 Å². The van der Waals surface area contributed by atoms with Crippen molar-refractivity contribution < 1.29 is 28.7 Å². The van der Waals surface area contributed by atoms with Crippen LogP contribution >= 0.6 is 11.8 Å². The van der Waals surface area contributed by atoms with E-state index in [9.17, 15) is 23.6 Å². The first kappa shape index (κ1) is 20.5. The number of halogens is 1. The number of anilines is 1. The lowest BCUT2D eigenvalue weighted by Crippen LogP contribution is -2.46. The molecule has 0 radical (unpaired) electrons. The Morgan fingerprint density at radius 3 is 2.52 bits per heavy atom. The molecule has 2 rings (SSSR count). The van der Waals surface area contributed by atoms with Crippen LogP contribution in [0.4, 0.5) is 14.9 Å². The zero-order valence-electron chi connectivity index (χ0n) is 14.8. The van der Waals surface area contributed by atoms with E-state index in [1.807, 2.05) is 0 Å². The number of benzene rings is 1. The van der Waals surface area contributed by atoms with Gasteiger partial charge in [-0.15, -0.1) is 11.8 Å². The Balaban J connectivity index is 2.18. The van der Waals surface area contributed by atoms with Crippen molar-refractivity contribution in [2.24, 2.45) is 5.41 Å². The fourth-order valence-electron chi connectivity index (χ4n) is 2.04. The van der Waals surface area contributed by atoms with Crippen LogP contribution in [0.25, 0.3) is 0 Å². The Morgan fingerprint density at radius 2 is 1.93 bits per heavy atom. The summed E-state index contributed by atoms with van der Waals surface area (Å²) >= 11 is 1.07. The van der Waals surface area contributed by atoms with Gasteiger partial charge in [-0.3, -0.25) is 25.2 Å². The van der Waals surface area contributed by atoms with Gasteiger partial charge in [0.15, 0.2) is 0 Å². The van der Waals surface area contributed by atoms with Crippen molar-refractivity contribution in [3.63, 3.8) is 0 Å². The predicted octanol–water partition coefficient (Wildman–Crippen LogP) is 1.31. The lowest BCUT2D eigenvalue weighted by molar-refractivity contribution is -0.129. The van der Waals surface area contributed by atoms with Crippen LogP contribution in [0.1, 0.15) is 31.1 Å². The summed E-state index contributed by atoms with van der Waals surface area (Å²) in [5.74, 6) is -2.75. The zero-order chi connectivity index (χ0) is 20.4. The number of rotatable bonds is 2. The summed E-state index contributed by atoms with van der Waals surface area (Å²) in [5, 5.41) is 13.3. The molecular formula is C16H19FN4O5S. The number of carbonyl (C=O) groups is 4. The van der Waals surface area contributed by atoms with Crippen LogP contribution in [0.5, 0.6) is 0 Å². The van der Waals surface area contributed by atoms with Crippen molar-refractivity contribution in [2.75, 3.05) is 11.1 Å². The molecule has 1 heterocycles. The molecule has 146 valence electrons. The summed E-state index contributed by atoms with van der Waals surface area (Å²) in [6, 6.07) is 1.19. The van der Waals surface area contributed by atoms with E-state index in [4.69, 9.17) is 5.11 Å². The van der Waals surface area contributed by atoms with Crippen molar-refractivity contribution in [1.29, 1.82) is 0 Å². The van der Waals surface area contributed by atoms with Crippen molar-refractivity contribution in [2.45, 2.75) is 31.7 Å². The summed E-state index contributed by atoms with van der Waals surface area (Å²) in [6.07, 6.45) is -1.36. The van der Waals surface area contributed by atoms with Gasteiger partial charge in [-0.25, -0.2) is 9.18 Å². The maximum absolute atomic E-state index is 14.3. The normalized spacial score (nSPS) is 16.4. The highest BCUT2D eigenvalue weighted by atomic mass is 32.2. The molecule has 27 heavy (non-hydrogen) atoms. The van der Waals surface area contributed by atoms with Crippen molar-refractivity contribution in [3.05, 3.63) is 23.5 Å². The third kappa shape index (κ3) is 5.09. The average molecular weight is 398 g/mol. The third-order valence-corrected chi connectivity index (χ3v) is 4.71. The highest BCUT2D eigenvalue weighted by Crippen LogP contribution is 2.33. The number of nitrogens with one attached hydrogen (secondary N) is 4. The first-order valence-corrected chi connectivity index (χ1v) is 8.85. The first-order chi connectivity index (χ1) is 12.5. The molecule has 1 aliphatic heterocycles. The van der Waals surface area contributed by atoms with Crippen LogP contribution in [0.15, 0.2) is 17.0 Å². The molecule has 4 amide bonds. The third-order valence-electron chi connectivity index (χ3n) is 3.56. The van der Waals surface area contributed by atoms with Gasteiger partial charge in [0.25, 0.3) is 5.91 Å². The summed E-state index contributed by atoms with van der Waals surface area (Å²) < 4.78 is 14.3. The average Bonchev–Trinajstić information content (AvgIpc) is 2.69. The SMILES string of the molecule is CC(C)(C)C(=O)NNC(=O)c1cc2c(cc1F)SCC(NC(=O)O)C(=O)N2. The van der Waals surface area contributed by atoms with Crippen molar-refractivity contribution >= 4 is 41.3 Å². The molecule has 1 unspecified atom stereocenters. The molecule has 0 bridgehead atoms. The molecule has 0 saturated carbocycles. The summed E-state index contributed by atoms with van der Waals surface area (Å²) in [6.45, 7) is 4.93. The molecule has 0 spiro atoms. The molecule has 1 aliphatic rings. The second kappa shape index (κ2) is 7.82. The van der Waals surface area contributed by atoms with E-state index in [2.05, 4.69) is 21.5 Å². The largest absolute Gasteiger partial charge is 0.465 e. The Morgan fingerprint density at radius 1 is 1.26 bits per heavy atom. The smallest absolute Gasteiger partial charge is 0.405 e. The molecule has 0 aromatic heterocycles. The second-order valence-corrected chi connectivity index (χ2v) is 7.85. The van der Waals surface area contributed by atoms with Crippen LogP contribution < -0.4 is 21.5 Å². The standard InChI is InChI=1S/C16H19FN4O5S/c1-16(2,3)14(24)21-20-12(22)7-4-9-11(5-8(7)17)27-6-10(13(23)18-9)19-15(25)26/h4-5,10,19H,6H2,1-3H3,(H,18,23)(H,20,22)(H,21,24)(H,25,26). The van der Waals surface area contributed by atoms with Crippen LogP contribution in [-0.2, 0) is 9.59 Å². The number of amides is 4. The van der Waals surface area contributed by atoms with E-state index in [1.165, 1.54) is 0 Å². The molecular weight excluding hydrogens is 379 g/mol. The van der Waals surface area contributed by atoms with Gasteiger partial charge in [-0.2, -0.15) is 0 Å². The fraction of sp³-hybridized carbons (Fsp3) is 0.375. The van der Waals surface area contributed by atoms with Gasteiger partial charge in [0.1, 0.15) is 11.9 Å². The van der Waals surface area contributed by atoms with Gasteiger partial charge < -0.3 is 15.7 Å². The quantitative estimate of drug-likeness (QED) is 0.477. The van der Waals surface area contributed by atoms with Gasteiger partial charge in [-0.1, -0.05) is 20.8 Å². The van der Waals surface area contributed by atoms with Gasteiger partial charge in [0.2, 0.25) is 11.8 Å². The molecule has 0 fully saturated rings. The topological polar surface area (TPSA) is 137 Å². The minimum atomic E-state index is -1.36. The van der Waals surface area contributed by atoms with Crippen LogP contribution in [0, 0.1) is 11.2 Å². The summed E-state index contributed by atoms with van der Waals surface area (Å²) in [5.41, 5.74) is 3.37. The van der Waals surface area contributed by atoms with E-state index in [1.54, 1.807) is 20.8 Å². The first-order valence-electron chi connectivity index (χ1n) is 7.86. The van der Waals surface area contributed by atoms with E-state index in [-0.39, 0.29) is 17.0 Å². The Labute approximate surface area is 158 Å². The lowest BCUT2D eigenvalue weighted by Gasteiger charge is -2.18. The Hall–Kier alpha value is -2.82. The monoisotopic (exact) mass is 398 g/mol. The predicted molar refractivity (Wildman–Crippen MR) is 95.8 cm³/mol. The summed E-state index contributed by atoms with van der Waals surface area (Å²) in [7, 11) is 0. The van der Waals surface area contributed by atoms with E-state index >= 15 is 0 Å². The highest BCUT2D eigenvalue weighted by Gasteiger charge is 2.28. The maximum Gasteiger partial charge on any atom is 0.405 e. The molecule has 1 atom stereocenters. The molecule has 9 nitrogen and oxygen atoms in total. The van der Waals surface area contributed by atoms with E-state index in [0.717, 1.165) is 23.9 Å². The number of hydrogen-bond donors (Lipinski definition) is 5. The van der Waals surface area contributed by atoms with Gasteiger partial charge in [-0.05, 0) is 12.1 Å². The van der Waals surface area contributed by atoms with Crippen molar-refractivity contribution in [1.82, 2.24) is 16.2 Å². The highest BCUT2D eigenvalue weighted by molar-refractivity contribution is 7.99. The van der Waals surface area contributed by atoms with Crippen molar-refractivity contribution in [3.8, 4) is 0 Å². The van der Waals surface area contributed by atoms with E-state index < -0.39 is 41.1 Å². The summed E-state index contributed by atoms with van der Waals surface area (Å²) in [4.78, 5) is 47.2. The number of fused-ring (bicyclic) bond motifs is 1. The fourth-order valence-corrected chi connectivity index (χ4v) is 3.07. The molecule has 1 aromatic carbocycles. The zero-order valence-corrected chi connectivity index (χ0v) is 15.6. The van der Waals surface area contributed by atoms with Crippen LogP contribution in [-0.4, -0.2) is 40.7 Å². The minimum Gasteiger partial charge on any atom is -0.465 e. The Bertz CT molecular complexity index is 809. The van der Waals surface area contributed by atoms with Gasteiger partial charge in [0, 0.05) is 16.1 Å². The minimum absolute atomic E-state index is 0.0672. The second-order valence-electron chi connectivity index (χ2n) is 6.79. The molecule has 11 heteroatoms. The van der Waals surface area contributed by atoms with Crippen LogP contribution in [0.3, 0.4) is 0 Å². The lowest BCUT2D eigenvalue weighted by atomic mass is 9.96. The number of hydrogen-bond acceptors (Lipinski definition) is 5. The number of thioether (sulfide) groups is 1. The molecule has 0 saturated heterocycles. The Kier molecular flexibility index (Phi) is 5.94. The molecule has 1 aromatic rings. The maximum atomic E-state index is 14.3. The number of carboxylic acid groups (broad SMARTS) is 1. The molecule has 5 N–H and O–H groups in total. The number of carbonyl (C=O) groups excluding carboxylic acids is 3.